The Kier molecular flexibility index (Phi) is 6.71. The van der Waals surface area contributed by atoms with Crippen molar-refractivity contribution in [3.05, 3.63) is 47.7 Å². The van der Waals surface area contributed by atoms with Crippen molar-refractivity contribution in [3.8, 4) is 0 Å². The molecule has 1 aliphatic rings. The van der Waals surface area contributed by atoms with Crippen LogP contribution in [0.4, 0.5) is 5.69 Å². The highest BCUT2D eigenvalue weighted by Crippen LogP contribution is 2.24. The maximum absolute atomic E-state index is 13.1. The molecule has 0 aliphatic carbocycles. The lowest BCUT2D eigenvalue weighted by Crippen LogP contribution is -2.41. The molecule has 1 fully saturated rings. The highest BCUT2D eigenvalue weighted by molar-refractivity contribution is 7.98. The summed E-state index contributed by atoms with van der Waals surface area (Å²) >= 11 is 1.51. The van der Waals surface area contributed by atoms with Gasteiger partial charge in [-0.05, 0) is 42.5 Å². The Labute approximate surface area is 169 Å². The fraction of sp³-hybridized carbons (Fsp3) is 0.368. The smallest absolute Gasteiger partial charge is 0.255 e. The molecule has 3 rings (SSSR count). The normalized spacial score (nSPS) is 15.4. The van der Waals surface area contributed by atoms with Crippen LogP contribution in [0.15, 0.2) is 46.5 Å². The molecule has 28 heavy (non-hydrogen) atoms. The summed E-state index contributed by atoms with van der Waals surface area (Å²) in [5, 5.41) is 3.62. The van der Waals surface area contributed by atoms with E-state index in [1.54, 1.807) is 24.4 Å². The molecule has 0 radical (unpaired) electrons. The molecule has 1 aromatic heterocycles. The molecule has 1 amide bonds. The second kappa shape index (κ2) is 9.04. The van der Waals surface area contributed by atoms with Crippen molar-refractivity contribution in [3.63, 3.8) is 0 Å². The summed E-state index contributed by atoms with van der Waals surface area (Å²) in [7, 11) is -3.68. The van der Waals surface area contributed by atoms with E-state index in [1.807, 2.05) is 19.2 Å². The minimum absolute atomic E-state index is 0.181. The molecule has 1 aliphatic heterocycles. The van der Waals surface area contributed by atoms with Crippen LogP contribution in [0.2, 0.25) is 0 Å². The first-order valence-electron chi connectivity index (χ1n) is 8.98. The van der Waals surface area contributed by atoms with Gasteiger partial charge in [-0.25, -0.2) is 13.4 Å². The number of benzene rings is 1. The van der Waals surface area contributed by atoms with Crippen LogP contribution in [0.5, 0.6) is 0 Å². The van der Waals surface area contributed by atoms with Gasteiger partial charge in [0.1, 0.15) is 0 Å². The summed E-state index contributed by atoms with van der Waals surface area (Å²) in [5.74, 6) is -0.375. The maximum Gasteiger partial charge on any atom is 0.255 e. The number of anilines is 1. The van der Waals surface area contributed by atoms with Gasteiger partial charge >= 0.3 is 0 Å². The van der Waals surface area contributed by atoms with Crippen molar-refractivity contribution < 1.29 is 17.9 Å². The van der Waals surface area contributed by atoms with Gasteiger partial charge in [-0.3, -0.25) is 4.79 Å². The lowest BCUT2D eigenvalue weighted by Gasteiger charge is -2.27. The summed E-state index contributed by atoms with van der Waals surface area (Å²) in [6.07, 6.45) is 4.06. The molecule has 1 saturated heterocycles. The van der Waals surface area contributed by atoms with Crippen LogP contribution in [-0.4, -0.2) is 56.2 Å². The molecule has 7 nitrogen and oxygen atoms in total. The van der Waals surface area contributed by atoms with Gasteiger partial charge in [0.15, 0.2) is 0 Å². The van der Waals surface area contributed by atoms with E-state index in [2.05, 4.69) is 10.3 Å². The standard InChI is InChI=1S/C19H23N3O4S2/c1-3-14-4-5-15(19(23)21-16-6-7-18(27-2)20-13-16)12-17(14)28(24,25)22-8-10-26-11-9-22/h4-7,12-13H,3,8-11H2,1-2H3,(H,21,23). The molecular formula is C19H23N3O4S2. The summed E-state index contributed by atoms with van der Waals surface area (Å²) in [5.41, 5.74) is 1.53. The van der Waals surface area contributed by atoms with E-state index < -0.39 is 10.0 Å². The molecule has 1 N–H and O–H groups in total. The predicted octanol–water partition coefficient (Wildman–Crippen LogP) is 2.64. The van der Waals surface area contributed by atoms with E-state index in [1.165, 1.54) is 22.1 Å². The number of amides is 1. The Morgan fingerprint density at radius 1 is 1.25 bits per heavy atom. The Balaban J connectivity index is 1.88. The molecule has 0 bridgehead atoms. The summed E-state index contributed by atoms with van der Waals surface area (Å²) in [4.78, 5) is 17.1. The number of carbonyl (C=O) groups is 1. The zero-order valence-corrected chi connectivity index (χ0v) is 17.5. The van der Waals surface area contributed by atoms with Crippen LogP contribution in [0.3, 0.4) is 0 Å². The summed E-state index contributed by atoms with van der Waals surface area (Å²) < 4.78 is 32.9. The second-order valence-corrected chi connectivity index (χ2v) is 8.97. The highest BCUT2D eigenvalue weighted by atomic mass is 32.2. The van der Waals surface area contributed by atoms with E-state index in [0.29, 0.717) is 44.0 Å². The number of aromatic nitrogens is 1. The molecule has 2 aromatic rings. The number of ether oxygens (including phenoxy) is 1. The number of rotatable bonds is 6. The van der Waals surface area contributed by atoms with Gasteiger partial charge in [-0.15, -0.1) is 11.8 Å². The molecule has 0 atom stereocenters. The molecule has 2 heterocycles. The van der Waals surface area contributed by atoms with E-state index in [-0.39, 0.29) is 16.4 Å². The van der Waals surface area contributed by atoms with Crippen LogP contribution >= 0.6 is 11.8 Å². The van der Waals surface area contributed by atoms with Gasteiger partial charge in [0.05, 0.1) is 35.0 Å². The van der Waals surface area contributed by atoms with Gasteiger partial charge in [0.2, 0.25) is 10.0 Å². The van der Waals surface area contributed by atoms with Crippen LogP contribution in [0.1, 0.15) is 22.8 Å². The minimum Gasteiger partial charge on any atom is -0.379 e. The van der Waals surface area contributed by atoms with Crippen LogP contribution < -0.4 is 5.32 Å². The van der Waals surface area contributed by atoms with Crippen molar-refractivity contribution in [1.29, 1.82) is 0 Å². The van der Waals surface area contributed by atoms with Gasteiger partial charge in [0.25, 0.3) is 5.91 Å². The quantitative estimate of drug-likeness (QED) is 0.722. The fourth-order valence-electron chi connectivity index (χ4n) is 2.93. The van der Waals surface area contributed by atoms with Gasteiger partial charge in [-0.2, -0.15) is 4.31 Å². The topological polar surface area (TPSA) is 88.6 Å². The number of nitrogens with one attached hydrogen (secondary N) is 1. The zero-order valence-electron chi connectivity index (χ0n) is 15.8. The maximum atomic E-state index is 13.1. The van der Waals surface area contributed by atoms with Crippen molar-refractivity contribution in [2.24, 2.45) is 0 Å². The number of aryl methyl sites for hydroxylation is 1. The number of nitrogens with zero attached hydrogens (tertiary/aromatic N) is 2. The average molecular weight is 422 g/mol. The Morgan fingerprint density at radius 3 is 2.61 bits per heavy atom. The molecule has 0 spiro atoms. The number of pyridine rings is 1. The van der Waals surface area contributed by atoms with Crippen LogP contribution in [0.25, 0.3) is 0 Å². The third-order valence-electron chi connectivity index (χ3n) is 4.50. The summed E-state index contributed by atoms with van der Waals surface area (Å²) in [6.45, 7) is 3.27. The number of hydrogen-bond acceptors (Lipinski definition) is 6. The Bertz CT molecular complexity index is 940. The van der Waals surface area contributed by atoms with Crippen molar-refractivity contribution >= 4 is 33.4 Å². The van der Waals surface area contributed by atoms with Gasteiger partial charge in [-0.1, -0.05) is 13.0 Å². The lowest BCUT2D eigenvalue weighted by molar-refractivity contribution is 0.0730. The van der Waals surface area contributed by atoms with Crippen molar-refractivity contribution in [2.45, 2.75) is 23.3 Å². The largest absolute Gasteiger partial charge is 0.379 e. The third-order valence-corrected chi connectivity index (χ3v) is 7.14. The molecule has 0 unspecified atom stereocenters. The third kappa shape index (κ3) is 4.54. The predicted molar refractivity (Wildman–Crippen MR) is 109 cm³/mol. The molecule has 150 valence electrons. The number of thioether (sulfide) groups is 1. The van der Waals surface area contributed by atoms with Gasteiger partial charge < -0.3 is 10.1 Å². The first-order chi connectivity index (χ1) is 13.5. The Hall–Kier alpha value is -1.94. The Morgan fingerprint density at radius 2 is 2.00 bits per heavy atom. The number of sulfonamides is 1. The first kappa shape index (κ1) is 20.8. The van der Waals surface area contributed by atoms with E-state index >= 15 is 0 Å². The van der Waals surface area contributed by atoms with E-state index in [0.717, 1.165) is 5.03 Å². The average Bonchev–Trinajstić information content (AvgIpc) is 2.74. The van der Waals surface area contributed by atoms with Crippen LogP contribution in [-0.2, 0) is 21.2 Å². The molecule has 9 heteroatoms. The van der Waals surface area contributed by atoms with Crippen molar-refractivity contribution in [2.75, 3.05) is 37.9 Å². The van der Waals surface area contributed by atoms with Gasteiger partial charge in [0, 0.05) is 18.7 Å². The summed E-state index contributed by atoms with van der Waals surface area (Å²) in [6, 6.07) is 8.40. The van der Waals surface area contributed by atoms with Crippen LogP contribution in [0, 0.1) is 0 Å². The minimum atomic E-state index is -3.68. The number of carbonyl (C=O) groups excluding carboxylic acids is 1. The zero-order chi connectivity index (χ0) is 20.1. The molecule has 0 saturated carbocycles. The second-order valence-electron chi connectivity index (χ2n) is 6.24. The first-order valence-corrected chi connectivity index (χ1v) is 11.6. The highest BCUT2D eigenvalue weighted by Gasteiger charge is 2.29. The number of hydrogen-bond donors (Lipinski definition) is 1. The fourth-order valence-corrected chi connectivity index (χ4v) is 5.02. The van der Waals surface area contributed by atoms with E-state index in [9.17, 15) is 13.2 Å². The number of morpholine rings is 1. The van der Waals surface area contributed by atoms with E-state index in [4.69, 9.17) is 4.74 Å². The molecule has 1 aromatic carbocycles. The lowest BCUT2D eigenvalue weighted by atomic mass is 10.1. The monoisotopic (exact) mass is 421 g/mol. The molecular weight excluding hydrogens is 398 g/mol. The SMILES string of the molecule is CCc1ccc(C(=O)Nc2ccc(SC)nc2)cc1S(=O)(=O)N1CCOCC1. The van der Waals surface area contributed by atoms with Crippen molar-refractivity contribution in [1.82, 2.24) is 9.29 Å².